The maximum Gasteiger partial charge on any atom is 0.239 e. The molecule has 96 valence electrons. The molecule has 0 saturated carbocycles. The Labute approximate surface area is 114 Å². The third-order valence-corrected chi connectivity index (χ3v) is 3.89. The molecular formula is C11H14ClN5S. The average Bonchev–Trinajstić information content (AvgIpc) is 2.79. The number of aryl methyl sites for hydroxylation is 1. The molecule has 1 atom stereocenters. The van der Waals surface area contributed by atoms with Gasteiger partial charge in [-0.15, -0.1) is 11.3 Å². The second-order valence-electron chi connectivity index (χ2n) is 3.88. The molecular weight excluding hydrogens is 270 g/mol. The predicted octanol–water partition coefficient (Wildman–Crippen LogP) is 2.96. The largest absolute Gasteiger partial charge is 0.362 e. The number of hydrogen-bond donors (Lipinski definition) is 3. The van der Waals surface area contributed by atoms with Crippen LogP contribution < -0.4 is 16.6 Å². The van der Waals surface area contributed by atoms with Gasteiger partial charge in [0.2, 0.25) is 5.95 Å². The summed E-state index contributed by atoms with van der Waals surface area (Å²) in [5, 5.41) is 3.32. The lowest BCUT2D eigenvalue weighted by atomic mass is 10.2. The number of aromatic nitrogens is 2. The molecule has 2 aromatic rings. The zero-order valence-electron chi connectivity index (χ0n) is 10.1. The monoisotopic (exact) mass is 283 g/mol. The zero-order chi connectivity index (χ0) is 13.1. The first-order valence-corrected chi connectivity index (χ1v) is 6.61. The topological polar surface area (TPSA) is 75.9 Å². The third-order valence-electron chi connectivity index (χ3n) is 2.47. The van der Waals surface area contributed by atoms with Gasteiger partial charge in [-0.1, -0.05) is 11.6 Å². The molecule has 0 aliphatic carbocycles. The van der Waals surface area contributed by atoms with Crippen LogP contribution in [0.3, 0.4) is 0 Å². The Kier molecular flexibility index (Phi) is 4.00. The summed E-state index contributed by atoms with van der Waals surface area (Å²) in [6.07, 6.45) is 1.72. The summed E-state index contributed by atoms with van der Waals surface area (Å²) in [6.45, 7) is 4.00. The van der Waals surface area contributed by atoms with E-state index >= 15 is 0 Å². The first-order chi connectivity index (χ1) is 8.60. The standard InChI is InChI=1S/C11H14ClN5S/c1-6-5-14-11(17-13)16-10(6)15-7(2)8-3-4-9(12)18-8/h3-5,7H,13H2,1-2H3,(H2,14,15,16,17). The third kappa shape index (κ3) is 2.90. The Morgan fingerprint density at radius 1 is 1.44 bits per heavy atom. The SMILES string of the molecule is Cc1cnc(NN)nc1NC(C)c1ccc(Cl)s1. The van der Waals surface area contributed by atoms with E-state index in [1.807, 2.05) is 19.1 Å². The summed E-state index contributed by atoms with van der Waals surface area (Å²) < 4.78 is 0.780. The lowest BCUT2D eigenvalue weighted by Gasteiger charge is -2.15. The van der Waals surface area contributed by atoms with Crippen molar-refractivity contribution in [2.75, 3.05) is 10.7 Å². The second kappa shape index (κ2) is 5.51. The highest BCUT2D eigenvalue weighted by Gasteiger charge is 2.11. The van der Waals surface area contributed by atoms with Crippen LogP contribution >= 0.6 is 22.9 Å². The van der Waals surface area contributed by atoms with Gasteiger partial charge in [0, 0.05) is 16.6 Å². The first-order valence-electron chi connectivity index (χ1n) is 5.42. The maximum atomic E-state index is 5.92. The maximum absolute atomic E-state index is 5.92. The molecule has 7 heteroatoms. The molecule has 0 aliphatic rings. The minimum atomic E-state index is 0.127. The van der Waals surface area contributed by atoms with E-state index in [4.69, 9.17) is 17.4 Å². The van der Waals surface area contributed by atoms with Gasteiger partial charge in [0.25, 0.3) is 0 Å². The highest BCUT2D eigenvalue weighted by molar-refractivity contribution is 7.16. The van der Waals surface area contributed by atoms with Gasteiger partial charge in [-0.3, -0.25) is 5.43 Å². The van der Waals surface area contributed by atoms with Crippen LogP contribution in [0.25, 0.3) is 0 Å². The van der Waals surface area contributed by atoms with Crippen LogP contribution in [-0.4, -0.2) is 9.97 Å². The van der Waals surface area contributed by atoms with Crippen LogP contribution in [-0.2, 0) is 0 Å². The number of nitrogens with zero attached hydrogens (tertiary/aromatic N) is 2. The molecule has 4 N–H and O–H groups in total. The van der Waals surface area contributed by atoms with Crippen molar-refractivity contribution in [2.45, 2.75) is 19.9 Å². The van der Waals surface area contributed by atoms with Crippen molar-refractivity contribution in [3.63, 3.8) is 0 Å². The summed E-state index contributed by atoms with van der Waals surface area (Å²) in [6, 6.07) is 4.02. The predicted molar refractivity (Wildman–Crippen MR) is 75.9 cm³/mol. The van der Waals surface area contributed by atoms with Crippen molar-refractivity contribution in [1.82, 2.24) is 9.97 Å². The molecule has 0 saturated heterocycles. The molecule has 2 rings (SSSR count). The van der Waals surface area contributed by atoms with E-state index in [1.165, 1.54) is 0 Å². The summed E-state index contributed by atoms with van der Waals surface area (Å²) in [4.78, 5) is 9.47. The summed E-state index contributed by atoms with van der Waals surface area (Å²) in [7, 11) is 0. The van der Waals surface area contributed by atoms with Crippen LogP contribution in [0.5, 0.6) is 0 Å². The molecule has 0 radical (unpaired) electrons. The number of thiophene rings is 1. The van der Waals surface area contributed by atoms with Gasteiger partial charge < -0.3 is 5.32 Å². The fraction of sp³-hybridized carbons (Fsp3) is 0.273. The van der Waals surface area contributed by atoms with Crippen molar-refractivity contribution in [3.05, 3.63) is 33.1 Å². The minimum absolute atomic E-state index is 0.127. The van der Waals surface area contributed by atoms with Gasteiger partial charge in [-0.05, 0) is 26.0 Å². The fourth-order valence-corrected chi connectivity index (χ4v) is 2.56. The molecule has 0 spiro atoms. The van der Waals surface area contributed by atoms with Crippen LogP contribution in [0, 0.1) is 6.92 Å². The van der Waals surface area contributed by atoms with Gasteiger partial charge in [-0.25, -0.2) is 10.8 Å². The first kappa shape index (κ1) is 13.1. The molecule has 5 nitrogen and oxygen atoms in total. The van der Waals surface area contributed by atoms with Gasteiger partial charge >= 0.3 is 0 Å². The lowest BCUT2D eigenvalue weighted by molar-refractivity contribution is 0.888. The molecule has 18 heavy (non-hydrogen) atoms. The number of rotatable bonds is 4. The average molecular weight is 284 g/mol. The smallest absolute Gasteiger partial charge is 0.239 e. The van der Waals surface area contributed by atoms with E-state index in [-0.39, 0.29) is 6.04 Å². The summed E-state index contributed by atoms with van der Waals surface area (Å²) in [5.41, 5.74) is 3.39. The Bertz CT molecular complexity index is 542. The van der Waals surface area contributed by atoms with E-state index in [0.717, 1.165) is 20.6 Å². The molecule has 0 fully saturated rings. The van der Waals surface area contributed by atoms with Crippen molar-refractivity contribution < 1.29 is 0 Å². The molecule has 0 aliphatic heterocycles. The molecule has 0 aromatic carbocycles. The highest BCUT2D eigenvalue weighted by Crippen LogP contribution is 2.29. The minimum Gasteiger partial charge on any atom is -0.362 e. The van der Waals surface area contributed by atoms with E-state index in [1.54, 1.807) is 17.5 Å². The van der Waals surface area contributed by atoms with Gasteiger partial charge in [0.1, 0.15) is 5.82 Å². The number of anilines is 2. The molecule has 2 aromatic heterocycles. The van der Waals surface area contributed by atoms with Gasteiger partial charge in [0.05, 0.1) is 10.4 Å². The number of halogens is 1. The number of hydrogen-bond acceptors (Lipinski definition) is 6. The molecule has 0 amide bonds. The quantitative estimate of drug-likeness (QED) is 0.594. The van der Waals surface area contributed by atoms with E-state index < -0.39 is 0 Å². The van der Waals surface area contributed by atoms with Crippen LogP contribution in [0.1, 0.15) is 23.4 Å². The van der Waals surface area contributed by atoms with Crippen LogP contribution in [0.2, 0.25) is 4.34 Å². The summed E-state index contributed by atoms with van der Waals surface area (Å²) in [5.74, 6) is 6.44. The van der Waals surface area contributed by atoms with Crippen molar-refractivity contribution >= 4 is 34.7 Å². The Hall–Kier alpha value is -1.37. The number of nitrogens with two attached hydrogens (primary N) is 1. The second-order valence-corrected chi connectivity index (χ2v) is 5.62. The molecule has 0 bridgehead atoms. The van der Waals surface area contributed by atoms with Gasteiger partial charge in [0.15, 0.2) is 0 Å². The number of nitrogen functional groups attached to an aromatic ring is 1. The zero-order valence-corrected chi connectivity index (χ0v) is 11.6. The molecule has 2 heterocycles. The Morgan fingerprint density at radius 2 is 2.22 bits per heavy atom. The van der Waals surface area contributed by atoms with E-state index in [2.05, 4.69) is 27.6 Å². The van der Waals surface area contributed by atoms with E-state index in [0.29, 0.717) is 5.95 Å². The number of nitrogens with one attached hydrogen (secondary N) is 2. The van der Waals surface area contributed by atoms with Crippen molar-refractivity contribution in [3.8, 4) is 0 Å². The Balaban J connectivity index is 2.18. The van der Waals surface area contributed by atoms with E-state index in [9.17, 15) is 0 Å². The van der Waals surface area contributed by atoms with Crippen LogP contribution in [0.4, 0.5) is 11.8 Å². The lowest BCUT2D eigenvalue weighted by Crippen LogP contribution is -2.13. The van der Waals surface area contributed by atoms with Crippen LogP contribution in [0.15, 0.2) is 18.3 Å². The Morgan fingerprint density at radius 3 is 2.83 bits per heavy atom. The molecule has 1 unspecified atom stereocenters. The van der Waals surface area contributed by atoms with Crippen molar-refractivity contribution in [1.29, 1.82) is 0 Å². The fourth-order valence-electron chi connectivity index (χ4n) is 1.49. The highest BCUT2D eigenvalue weighted by atomic mass is 35.5. The summed E-state index contributed by atoms with van der Waals surface area (Å²) >= 11 is 7.48. The number of hydrazine groups is 1. The van der Waals surface area contributed by atoms with Gasteiger partial charge in [-0.2, -0.15) is 4.98 Å². The van der Waals surface area contributed by atoms with Crippen molar-refractivity contribution in [2.24, 2.45) is 5.84 Å². The normalized spacial score (nSPS) is 12.2.